The van der Waals surface area contributed by atoms with E-state index in [-0.39, 0.29) is 5.91 Å². The number of hydrogen-bond donors (Lipinski definition) is 1. The number of nitriles is 1. The van der Waals surface area contributed by atoms with Gasteiger partial charge in [-0.05, 0) is 44.2 Å². The Morgan fingerprint density at radius 1 is 1.06 bits per heavy atom. The summed E-state index contributed by atoms with van der Waals surface area (Å²) in [6.45, 7) is 3.21. The van der Waals surface area contributed by atoms with Crippen LogP contribution in [0.15, 0.2) is 36.5 Å². The SMILES string of the molecule is CNC1CC(n2cc(C#N)c3ccc(N4CCN(c5cccc(C(=O)N(C)C)n5)CC4)nc32)C1. The topological polar surface area (TPSA) is 93.3 Å². The van der Waals surface area contributed by atoms with Gasteiger partial charge in [0.05, 0.1) is 5.56 Å². The Hall–Kier alpha value is -3.64. The van der Waals surface area contributed by atoms with Crippen LogP contribution in [0.3, 0.4) is 0 Å². The van der Waals surface area contributed by atoms with Crippen LogP contribution in [-0.2, 0) is 0 Å². The molecule has 1 aliphatic carbocycles. The maximum atomic E-state index is 12.3. The van der Waals surface area contributed by atoms with E-state index in [1.807, 2.05) is 37.5 Å². The van der Waals surface area contributed by atoms with Gasteiger partial charge in [-0.3, -0.25) is 4.79 Å². The number of carbonyl (C=O) groups excluding carboxylic acids is 1. The molecule has 1 saturated heterocycles. The van der Waals surface area contributed by atoms with Crippen LogP contribution in [0.5, 0.6) is 0 Å². The number of piperazine rings is 1. The van der Waals surface area contributed by atoms with Gasteiger partial charge >= 0.3 is 0 Å². The highest BCUT2D eigenvalue weighted by atomic mass is 16.2. The van der Waals surface area contributed by atoms with Gasteiger partial charge in [0.25, 0.3) is 5.91 Å². The van der Waals surface area contributed by atoms with Gasteiger partial charge in [0.2, 0.25) is 0 Å². The van der Waals surface area contributed by atoms with Crippen molar-refractivity contribution in [2.75, 3.05) is 57.1 Å². The third kappa shape index (κ3) is 3.94. The molecule has 9 nitrogen and oxygen atoms in total. The van der Waals surface area contributed by atoms with E-state index in [2.05, 4.69) is 30.7 Å². The molecule has 0 bridgehead atoms. The number of rotatable bonds is 5. The summed E-state index contributed by atoms with van der Waals surface area (Å²) in [6.07, 6.45) is 4.07. The van der Waals surface area contributed by atoms with Crippen molar-refractivity contribution in [1.29, 1.82) is 5.26 Å². The number of anilines is 2. The molecule has 4 heterocycles. The molecule has 0 unspecified atom stereocenters. The molecule has 0 atom stereocenters. The second-order valence-corrected chi connectivity index (χ2v) is 9.27. The minimum Gasteiger partial charge on any atom is -0.353 e. The fourth-order valence-electron chi connectivity index (χ4n) is 4.82. The maximum Gasteiger partial charge on any atom is 0.272 e. The minimum absolute atomic E-state index is 0.0924. The van der Waals surface area contributed by atoms with Crippen LogP contribution in [0.25, 0.3) is 11.0 Å². The number of pyridine rings is 2. The van der Waals surface area contributed by atoms with Crippen molar-refractivity contribution >= 4 is 28.6 Å². The van der Waals surface area contributed by atoms with Crippen LogP contribution in [0.1, 0.15) is 34.9 Å². The molecule has 1 aliphatic heterocycles. The highest BCUT2D eigenvalue weighted by Crippen LogP contribution is 2.36. The van der Waals surface area contributed by atoms with E-state index in [1.165, 1.54) is 0 Å². The highest BCUT2D eigenvalue weighted by Gasteiger charge is 2.31. The number of amides is 1. The molecule has 1 N–H and O–H groups in total. The second-order valence-electron chi connectivity index (χ2n) is 9.27. The van der Waals surface area contributed by atoms with E-state index in [9.17, 15) is 10.1 Å². The molecular formula is C25H30N8O. The largest absolute Gasteiger partial charge is 0.353 e. The number of fused-ring (bicyclic) bond motifs is 1. The van der Waals surface area contributed by atoms with Crippen molar-refractivity contribution in [3.63, 3.8) is 0 Å². The highest BCUT2D eigenvalue weighted by molar-refractivity contribution is 5.92. The molecule has 9 heteroatoms. The Morgan fingerprint density at radius 2 is 1.74 bits per heavy atom. The predicted octanol–water partition coefficient (Wildman–Crippen LogP) is 2.25. The van der Waals surface area contributed by atoms with Crippen LogP contribution in [0.4, 0.5) is 11.6 Å². The van der Waals surface area contributed by atoms with Crippen molar-refractivity contribution in [2.45, 2.75) is 24.9 Å². The van der Waals surface area contributed by atoms with Crippen molar-refractivity contribution in [2.24, 2.45) is 0 Å². The lowest BCUT2D eigenvalue weighted by atomic mass is 9.87. The normalized spacial score (nSPS) is 20.2. The van der Waals surface area contributed by atoms with Crippen LogP contribution >= 0.6 is 0 Å². The van der Waals surface area contributed by atoms with Gasteiger partial charge < -0.3 is 24.6 Å². The quantitative estimate of drug-likeness (QED) is 0.627. The van der Waals surface area contributed by atoms with Crippen LogP contribution in [-0.4, -0.2) is 78.7 Å². The Balaban J connectivity index is 1.33. The molecule has 3 aromatic heterocycles. The molecule has 0 spiro atoms. The van der Waals surface area contributed by atoms with E-state index >= 15 is 0 Å². The monoisotopic (exact) mass is 458 g/mol. The lowest BCUT2D eigenvalue weighted by Gasteiger charge is -2.37. The van der Waals surface area contributed by atoms with E-state index in [1.54, 1.807) is 25.1 Å². The van der Waals surface area contributed by atoms with Crippen LogP contribution in [0, 0.1) is 11.3 Å². The summed E-state index contributed by atoms with van der Waals surface area (Å²) in [5, 5.41) is 13.9. The lowest BCUT2D eigenvalue weighted by Crippen LogP contribution is -2.47. The smallest absolute Gasteiger partial charge is 0.272 e. The summed E-state index contributed by atoms with van der Waals surface area (Å²) in [5.41, 5.74) is 2.04. The first-order valence-corrected chi connectivity index (χ1v) is 11.8. The number of nitrogens with one attached hydrogen (secondary N) is 1. The first-order chi connectivity index (χ1) is 16.5. The van der Waals surface area contributed by atoms with Gasteiger partial charge in [-0.25, -0.2) is 9.97 Å². The summed E-state index contributed by atoms with van der Waals surface area (Å²) in [6, 6.07) is 12.9. The Morgan fingerprint density at radius 3 is 2.35 bits per heavy atom. The molecule has 1 amide bonds. The Labute approximate surface area is 199 Å². The molecular weight excluding hydrogens is 428 g/mol. The lowest BCUT2D eigenvalue weighted by molar-refractivity contribution is 0.0822. The fraction of sp³-hybridized carbons (Fsp3) is 0.440. The molecule has 0 radical (unpaired) electrons. The maximum absolute atomic E-state index is 12.3. The minimum atomic E-state index is -0.0924. The summed E-state index contributed by atoms with van der Waals surface area (Å²) in [4.78, 5) is 27.9. The fourth-order valence-corrected chi connectivity index (χ4v) is 4.82. The average Bonchev–Trinajstić information content (AvgIpc) is 3.20. The van der Waals surface area contributed by atoms with Gasteiger partial charge in [0, 0.05) is 63.9 Å². The molecule has 176 valence electrons. The molecule has 2 aliphatic rings. The van der Waals surface area contributed by atoms with Crippen LogP contribution < -0.4 is 15.1 Å². The number of nitrogens with zero attached hydrogens (tertiary/aromatic N) is 7. The van der Waals surface area contributed by atoms with E-state index in [4.69, 9.17) is 4.98 Å². The molecule has 0 aromatic carbocycles. The van der Waals surface area contributed by atoms with Gasteiger partial charge in [-0.15, -0.1) is 0 Å². The zero-order valence-corrected chi connectivity index (χ0v) is 19.9. The second kappa shape index (κ2) is 8.95. The molecule has 3 aromatic rings. The van der Waals surface area contributed by atoms with Gasteiger partial charge in [0.1, 0.15) is 29.0 Å². The van der Waals surface area contributed by atoms with Crippen molar-refractivity contribution in [3.05, 3.63) is 47.8 Å². The van der Waals surface area contributed by atoms with Crippen molar-refractivity contribution in [3.8, 4) is 6.07 Å². The van der Waals surface area contributed by atoms with E-state index in [0.717, 1.165) is 61.7 Å². The first kappa shape index (κ1) is 22.2. The summed E-state index contributed by atoms with van der Waals surface area (Å²) >= 11 is 0. The zero-order chi connectivity index (χ0) is 23.8. The summed E-state index contributed by atoms with van der Waals surface area (Å²) < 4.78 is 2.19. The zero-order valence-electron chi connectivity index (χ0n) is 19.9. The van der Waals surface area contributed by atoms with Gasteiger partial charge in [-0.1, -0.05) is 6.07 Å². The summed E-state index contributed by atoms with van der Waals surface area (Å²) in [7, 11) is 5.47. The number of hydrogen-bond acceptors (Lipinski definition) is 7. The number of carbonyl (C=O) groups is 1. The van der Waals surface area contributed by atoms with Gasteiger partial charge in [-0.2, -0.15) is 5.26 Å². The molecule has 5 rings (SSSR count). The van der Waals surface area contributed by atoms with E-state index in [0.29, 0.717) is 23.3 Å². The van der Waals surface area contributed by atoms with Gasteiger partial charge in [0.15, 0.2) is 0 Å². The Kier molecular flexibility index (Phi) is 5.84. The third-order valence-corrected chi connectivity index (χ3v) is 6.99. The molecule has 2 fully saturated rings. The summed E-state index contributed by atoms with van der Waals surface area (Å²) in [5.74, 6) is 1.67. The predicted molar refractivity (Wildman–Crippen MR) is 132 cm³/mol. The number of aromatic nitrogens is 3. The molecule has 34 heavy (non-hydrogen) atoms. The standard InChI is InChI=1S/C25H30N8O/c1-27-18-13-19(14-18)33-16-17(15-26)20-7-8-23(29-24(20)33)32-11-9-31(10-12-32)22-6-4-5-21(28-22)25(34)30(2)3/h4-8,16,18-19,27H,9-14H2,1-3H3. The first-order valence-electron chi connectivity index (χ1n) is 11.8. The van der Waals surface area contributed by atoms with E-state index < -0.39 is 0 Å². The molecule has 1 saturated carbocycles. The van der Waals surface area contributed by atoms with Crippen LogP contribution in [0.2, 0.25) is 0 Å². The van der Waals surface area contributed by atoms with Crippen molar-refractivity contribution in [1.82, 2.24) is 24.8 Å². The van der Waals surface area contributed by atoms with Crippen molar-refractivity contribution < 1.29 is 4.79 Å². The third-order valence-electron chi connectivity index (χ3n) is 6.99. The Bertz CT molecular complexity index is 1250. The average molecular weight is 459 g/mol.